The summed E-state index contributed by atoms with van der Waals surface area (Å²) in [6.07, 6.45) is 2.68. The highest BCUT2D eigenvalue weighted by Crippen LogP contribution is 2.33. The maximum atomic E-state index is 2.26. The van der Waals surface area contributed by atoms with Crippen LogP contribution >= 0.6 is 23.1 Å². The maximum absolute atomic E-state index is 2.26. The van der Waals surface area contributed by atoms with Crippen LogP contribution in [0.4, 0.5) is 0 Å². The van der Waals surface area contributed by atoms with Crippen LogP contribution in [0.3, 0.4) is 0 Å². The number of aryl methyl sites for hydroxylation is 1. The molecular formula is C7H8S2. The van der Waals surface area contributed by atoms with E-state index in [0.29, 0.717) is 0 Å². The third kappa shape index (κ3) is 1.01. The molecule has 0 unspecified atom stereocenters. The molecule has 9 heavy (non-hydrogen) atoms. The molecule has 1 aliphatic heterocycles. The van der Waals surface area contributed by atoms with Gasteiger partial charge in [-0.25, -0.2) is 0 Å². The van der Waals surface area contributed by atoms with Crippen LogP contribution in [0.5, 0.6) is 0 Å². The first kappa shape index (κ1) is 5.81. The number of rotatable bonds is 0. The molecule has 0 N–H and O–H groups in total. The Morgan fingerprint density at radius 3 is 3.33 bits per heavy atom. The average molecular weight is 156 g/mol. The number of fused-ring (bicyclic) bond motifs is 1. The van der Waals surface area contributed by atoms with Crippen molar-refractivity contribution < 1.29 is 0 Å². The molecule has 0 aromatic carbocycles. The largest absolute Gasteiger partial charge is 0.137 e. The summed E-state index contributed by atoms with van der Waals surface area (Å²) in [6.45, 7) is 0. The molecule has 2 heteroatoms. The summed E-state index contributed by atoms with van der Waals surface area (Å²) in [4.78, 5) is 0. The van der Waals surface area contributed by atoms with Crippen LogP contribution in [-0.2, 0) is 6.42 Å². The highest BCUT2D eigenvalue weighted by molar-refractivity contribution is 8.01. The Labute approximate surface area is 63.3 Å². The summed E-state index contributed by atoms with van der Waals surface area (Å²) >= 11 is 3.90. The topological polar surface area (TPSA) is 0 Å². The van der Waals surface area contributed by atoms with Crippen molar-refractivity contribution >= 4 is 23.1 Å². The first-order valence-electron chi connectivity index (χ1n) is 3.16. The van der Waals surface area contributed by atoms with Crippen molar-refractivity contribution in [2.45, 2.75) is 17.1 Å². The fourth-order valence-corrected chi connectivity index (χ4v) is 3.26. The van der Waals surface area contributed by atoms with Crippen LogP contribution in [0.2, 0.25) is 0 Å². The van der Waals surface area contributed by atoms with E-state index in [-0.39, 0.29) is 0 Å². The molecular weight excluding hydrogens is 148 g/mol. The van der Waals surface area contributed by atoms with Gasteiger partial charge < -0.3 is 0 Å². The number of thiophene rings is 1. The lowest BCUT2D eigenvalue weighted by Crippen LogP contribution is -1.92. The molecule has 0 radical (unpaired) electrons. The Bertz CT molecular complexity index is 182. The van der Waals surface area contributed by atoms with Crippen LogP contribution < -0.4 is 0 Å². The van der Waals surface area contributed by atoms with Gasteiger partial charge in [-0.15, -0.1) is 23.1 Å². The second kappa shape index (κ2) is 2.35. The molecule has 0 amide bonds. The molecule has 48 valence electrons. The monoisotopic (exact) mass is 156 g/mol. The fourth-order valence-electron chi connectivity index (χ4n) is 1.06. The predicted molar refractivity (Wildman–Crippen MR) is 43.4 cm³/mol. The molecule has 2 heterocycles. The smallest absolute Gasteiger partial charge is 0.0630 e. The van der Waals surface area contributed by atoms with Crippen LogP contribution in [0, 0.1) is 0 Å². The zero-order valence-electron chi connectivity index (χ0n) is 5.09. The van der Waals surface area contributed by atoms with E-state index in [1.807, 2.05) is 23.1 Å². The molecule has 0 spiro atoms. The van der Waals surface area contributed by atoms with Crippen LogP contribution in [-0.4, -0.2) is 5.75 Å². The zero-order chi connectivity index (χ0) is 6.10. The van der Waals surface area contributed by atoms with Crippen molar-refractivity contribution in [3.05, 3.63) is 17.0 Å². The van der Waals surface area contributed by atoms with E-state index in [1.54, 1.807) is 9.77 Å². The zero-order valence-corrected chi connectivity index (χ0v) is 6.73. The van der Waals surface area contributed by atoms with E-state index < -0.39 is 0 Å². The van der Waals surface area contributed by atoms with Crippen molar-refractivity contribution in [1.82, 2.24) is 0 Å². The minimum Gasteiger partial charge on any atom is -0.137 e. The summed E-state index contributed by atoms with van der Waals surface area (Å²) in [6, 6.07) is 2.26. The van der Waals surface area contributed by atoms with E-state index >= 15 is 0 Å². The van der Waals surface area contributed by atoms with Gasteiger partial charge in [0.05, 0.1) is 4.21 Å². The van der Waals surface area contributed by atoms with Crippen molar-refractivity contribution in [1.29, 1.82) is 0 Å². The van der Waals surface area contributed by atoms with Crippen molar-refractivity contribution in [3.63, 3.8) is 0 Å². The molecule has 0 atom stereocenters. The Balaban J connectivity index is 2.39. The van der Waals surface area contributed by atoms with Gasteiger partial charge in [0, 0.05) is 0 Å². The van der Waals surface area contributed by atoms with Crippen LogP contribution in [0.15, 0.2) is 15.7 Å². The first-order chi connectivity index (χ1) is 4.47. The summed E-state index contributed by atoms with van der Waals surface area (Å²) in [5.41, 5.74) is 1.58. The molecule has 0 aliphatic carbocycles. The molecule has 0 saturated heterocycles. The normalized spacial score (nSPS) is 17.3. The summed E-state index contributed by atoms with van der Waals surface area (Å²) in [5.74, 6) is 1.33. The highest BCUT2D eigenvalue weighted by Gasteiger charge is 2.08. The quantitative estimate of drug-likeness (QED) is 0.556. The van der Waals surface area contributed by atoms with E-state index in [1.165, 1.54) is 18.6 Å². The van der Waals surface area contributed by atoms with E-state index in [2.05, 4.69) is 11.4 Å². The molecule has 1 aromatic heterocycles. The number of thioether (sulfide) groups is 1. The molecule has 0 bridgehead atoms. The predicted octanol–water partition coefficient (Wildman–Crippen LogP) is 2.79. The van der Waals surface area contributed by atoms with Gasteiger partial charge in [0.2, 0.25) is 0 Å². The fraction of sp³-hybridized carbons (Fsp3) is 0.429. The molecule has 2 rings (SSSR count). The molecule has 0 fully saturated rings. The van der Waals surface area contributed by atoms with Gasteiger partial charge in [0.1, 0.15) is 0 Å². The summed E-state index contributed by atoms with van der Waals surface area (Å²) < 4.78 is 1.56. The number of hydrogen-bond donors (Lipinski definition) is 0. The van der Waals surface area contributed by atoms with Crippen LogP contribution in [0.1, 0.15) is 12.0 Å². The molecule has 1 aromatic rings. The highest BCUT2D eigenvalue weighted by atomic mass is 32.2. The Morgan fingerprint density at radius 1 is 1.44 bits per heavy atom. The van der Waals surface area contributed by atoms with E-state index in [4.69, 9.17) is 0 Å². The Hall–Kier alpha value is 0.0500. The lowest BCUT2D eigenvalue weighted by atomic mass is 10.2. The minimum atomic E-state index is 1.31. The van der Waals surface area contributed by atoms with Gasteiger partial charge in [-0.3, -0.25) is 0 Å². The van der Waals surface area contributed by atoms with Gasteiger partial charge in [-0.1, -0.05) is 0 Å². The third-order valence-electron chi connectivity index (χ3n) is 1.53. The third-order valence-corrected chi connectivity index (χ3v) is 3.94. The van der Waals surface area contributed by atoms with Gasteiger partial charge >= 0.3 is 0 Å². The van der Waals surface area contributed by atoms with Gasteiger partial charge in [0.15, 0.2) is 0 Å². The molecule has 0 saturated carbocycles. The second-order valence-corrected chi connectivity index (χ2v) is 4.47. The van der Waals surface area contributed by atoms with Crippen molar-refractivity contribution in [2.24, 2.45) is 0 Å². The average Bonchev–Trinajstić information content (AvgIpc) is 2.33. The number of hydrogen-bond acceptors (Lipinski definition) is 2. The lowest BCUT2D eigenvalue weighted by molar-refractivity contribution is 0.905. The van der Waals surface area contributed by atoms with E-state index in [9.17, 15) is 0 Å². The second-order valence-electron chi connectivity index (χ2n) is 2.19. The summed E-state index contributed by atoms with van der Waals surface area (Å²) in [7, 11) is 0. The SMILES string of the molecule is c1cc2c(s1)SCCC2. The van der Waals surface area contributed by atoms with Gasteiger partial charge in [-0.05, 0) is 35.6 Å². The Morgan fingerprint density at radius 2 is 2.44 bits per heavy atom. The lowest BCUT2D eigenvalue weighted by Gasteiger charge is -2.08. The van der Waals surface area contributed by atoms with Crippen molar-refractivity contribution in [2.75, 3.05) is 5.75 Å². The van der Waals surface area contributed by atoms with E-state index in [0.717, 1.165) is 0 Å². The van der Waals surface area contributed by atoms with Crippen LogP contribution in [0.25, 0.3) is 0 Å². The minimum absolute atomic E-state index is 1.31. The Kier molecular flexibility index (Phi) is 1.52. The molecule has 1 aliphatic rings. The first-order valence-corrected chi connectivity index (χ1v) is 5.02. The standard InChI is InChI=1S/C7H8S2/c1-2-6-3-5-9-7(6)8-4-1/h3,5H,1-2,4H2. The molecule has 0 nitrogen and oxygen atoms in total. The maximum Gasteiger partial charge on any atom is 0.0630 e. The van der Waals surface area contributed by atoms with Gasteiger partial charge in [-0.2, -0.15) is 0 Å². The summed E-state index contributed by atoms with van der Waals surface area (Å²) in [5, 5.41) is 2.20. The van der Waals surface area contributed by atoms with Crippen molar-refractivity contribution in [3.8, 4) is 0 Å². The van der Waals surface area contributed by atoms with Gasteiger partial charge in [0.25, 0.3) is 0 Å².